The Morgan fingerprint density at radius 2 is 2.09 bits per heavy atom. The van der Waals surface area contributed by atoms with E-state index >= 15 is 0 Å². The van der Waals surface area contributed by atoms with Crippen molar-refractivity contribution < 1.29 is 5.11 Å². The SMILES string of the molecule is [C-]#[N+]/C(=C\c1ccc(N(C)CCO)nc1)c1ccc(C#N)cc1. The van der Waals surface area contributed by atoms with Crippen molar-refractivity contribution in [1.29, 1.82) is 5.26 Å². The summed E-state index contributed by atoms with van der Waals surface area (Å²) in [6.07, 6.45) is 3.45. The van der Waals surface area contributed by atoms with Crippen molar-refractivity contribution in [3.8, 4) is 6.07 Å². The van der Waals surface area contributed by atoms with Gasteiger partial charge >= 0.3 is 0 Å². The van der Waals surface area contributed by atoms with E-state index in [0.717, 1.165) is 16.9 Å². The van der Waals surface area contributed by atoms with Gasteiger partial charge in [0.1, 0.15) is 5.82 Å². The van der Waals surface area contributed by atoms with Crippen LogP contribution in [-0.2, 0) is 0 Å². The Bertz CT molecular complexity index is 765. The zero-order valence-electron chi connectivity index (χ0n) is 12.8. The van der Waals surface area contributed by atoms with E-state index in [1.54, 1.807) is 36.5 Å². The summed E-state index contributed by atoms with van der Waals surface area (Å²) in [5.41, 5.74) is 2.64. The van der Waals surface area contributed by atoms with Gasteiger partial charge in [-0.3, -0.25) is 0 Å². The number of likely N-dealkylation sites (N-methyl/N-ethyl adjacent to an activating group) is 1. The Balaban J connectivity index is 2.24. The monoisotopic (exact) mass is 304 g/mol. The molecule has 0 aliphatic carbocycles. The minimum absolute atomic E-state index is 0.0698. The average molecular weight is 304 g/mol. The van der Waals surface area contributed by atoms with Crippen LogP contribution in [0.1, 0.15) is 16.7 Å². The van der Waals surface area contributed by atoms with Crippen LogP contribution in [0.3, 0.4) is 0 Å². The van der Waals surface area contributed by atoms with Gasteiger partial charge in [0, 0.05) is 19.8 Å². The van der Waals surface area contributed by atoms with Crippen molar-refractivity contribution in [2.24, 2.45) is 0 Å². The van der Waals surface area contributed by atoms with Crippen molar-refractivity contribution in [1.82, 2.24) is 4.98 Å². The van der Waals surface area contributed by atoms with Crippen molar-refractivity contribution >= 4 is 17.6 Å². The third-order valence-corrected chi connectivity index (χ3v) is 3.33. The molecule has 0 radical (unpaired) electrons. The van der Waals surface area contributed by atoms with Crippen LogP contribution < -0.4 is 4.90 Å². The first-order valence-electron chi connectivity index (χ1n) is 7.05. The topological polar surface area (TPSA) is 64.5 Å². The molecule has 0 fully saturated rings. The lowest BCUT2D eigenvalue weighted by molar-refractivity contribution is 0.304. The van der Waals surface area contributed by atoms with Crippen LogP contribution in [0.15, 0.2) is 42.6 Å². The normalized spacial score (nSPS) is 10.7. The zero-order chi connectivity index (χ0) is 16.7. The van der Waals surface area contributed by atoms with E-state index in [0.29, 0.717) is 17.8 Å². The van der Waals surface area contributed by atoms with Gasteiger partial charge in [-0.25, -0.2) is 9.83 Å². The first kappa shape index (κ1) is 16.2. The lowest BCUT2D eigenvalue weighted by Gasteiger charge is -2.16. The summed E-state index contributed by atoms with van der Waals surface area (Å²) in [7, 11) is 1.86. The molecule has 23 heavy (non-hydrogen) atoms. The highest BCUT2D eigenvalue weighted by Crippen LogP contribution is 2.20. The number of aromatic nitrogens is 1. The first-order chi connectivity index (χ1) is 11.2. The molecular formula is C18H16N4O. The van der Waals surface area contributed by atoms with Crippen LogP contribution in [0, 0.1) is 17.9 Å². The molecule has 0 saturated heterocycles. The van der Waals surface area contributed by atoms with E-state index in [2.05, 4.69) is 15.9 Å². The van der Waals surface area contributed by atoms with Gasteiger partial charge in [0.25, 0.3) is 0 Å². The van der Waals surface area contributed by atoms with E-state index in [1.807, 2.05) is 24.1 Å². The Morgan fingerprint density at radius 1 is 1.35 bits per heavy atom. The molecule has 0 aliphatic rings. The molecule has 1 heterocycles. The number of aliphatic hydroxyl groups excluding tert-OH is 1. The van der Waals surface area contributed by atoms with Gasteiger partial charge in [0.15, 0.2) is 5.70 Å². The van der Waals surface area contributed by atoms with Crippen LogP contribution in [0.2, 0.25) is 0 Å². The second kappa shape index (κ2) is 7.74. The van der Waals surface area contributed by atoms with E-state index < -0.39 is 0 Å². The number of rotatable bonds is 5. The van der Waals surface area contributed by atoms with Gasteiger partial charge < -0.3 is 10.0 Å². The Labute approximate surface area is 135 Å². The van der Waals surface area contributed by atoms with Crippen molar-refractivity contribution in [2.75, 3.05) is 25.1 Å². The lowest BCUT2D eigenvalue weighted by atomic mass is 10.1. The number of benzene rings is 1. The van der Waals surface area contributed by atoms with Crippen LogP contribution in [0.4, 0.5) is 5.82 Å². The summed E-state index contributed by atoms with van der Waals surface area (Å²) in [6.45, 7) is 7.93. The second-order valence-electron chi connectivity index (χ2n) is 4.93. The van der Waals surface area contributed by atoms with E-state index in [1.165, 1.54) is 0 Å². The summed E-state index contributed by atoms with van der Waals surface area (Å²) in [5.74, 6) is 0.763. The number of aliphatic hydroxyl groups is 1. The standard InChI is InChI=1S/C18H16N4O/c1-20-17(16-6-3-14(12-19)4-7-16)11-15-5-8-18(21-13-15)22(2)9-10-23/h3-8,11,13,23H,9-10H2,2H3/b17-11-. The summed E-state index contributed by atoms with van der Waals surface area (Å²) in [5, 5.41) is 17.8. The molecule has 0 spiro atoms. The Hall–Kier alpha value is -3.15. The number of pyridine rings is 1. The second-order valence-corrected chi connectivity index (χ2v) is 4.93. The fourth-order valence-corrected chi connectivity index (χ4v) is 2.03. The summed E-state index contributed by atoms with van der Waals surface area (Å²) < 4.78 is 0. The summed E-state index contributed by atoms with van der Waals surface area (Å²) in [6, 6.07) is 12.7. The third kappa shape index (κ3) is 4.16. The fourth-order valence-electron chi connectivity index (χ4n) is 2.03. The quantitative estimate of drug-likeness (QED) is 0.863. The molecule has 0 unspecified atom stereocenters. The molecule has 1 aromatic heterocycles. The Kier molecular flexibility index (Phi) is 5.46. The number of nitrogens with zero attached hydrogens (tertiary/aromatic N) is 4. The first-order valence-corrected chi connectivity index (χ1v) is 7.05. The van der Waals surface area contributed by atoms with Crippen LogP contribution in [-0.4, -0.2) is 30.3 Å². The van der Waals surface area contributed by atoms with E-state index in [-0.39, 0.29) is 6.61 Å². The molecule has 5 nitrogen and oxygen atoms in total. The Morgan fingerprint density at radius 3 is 2.61 bits per heavy atom. The molecular weight excluding hydrogens is 288 g/mol. The number of anilines is 1. The molecule has 0 saturated carbocycles. The molecule has 0 bridgehead atoms. The number of hydrogen-bond acceptors (Lipinski definition) is 4. The molecule has 1 N–H and O–H groups in total. The van der Waals surface area contributed by atoms with E-state index in [4.69, 9.17) is 16.9 Å². The van der Waals surface area contributed by atoms with Crippen molar-refractivity contribution in [3.63, 3.8) is 0 Å². The minimum atomic E-state index is 0.0698. The predicted molar refractivity (Wildman–Crippen MR) is 90.2 cm³/mol. The van der Waals surface area contributed by atoms with Crippen LogP contribution >= 0.6 is 0 Å². The molecule has 0 amide bonds. The smallest absolute Gasteiger partial charge is 0.194 e. The molecule has 114 valence electrons. The fraction of sp³-hybridized carbons (Fsp3) is 0.167. The average Bonchev–Trinajstić information content (AvgIpc) is 2.60. The maximum Gasteiger partial charge on any atom is 0.194 e. The molecule has 2 aromatic rings. The molecule has 0 aliphatic heterocycles. The highest BCUT2D eigenvalue weighted by atomic mass is 16.3. The van der Waals surface area contributed by atoms with Gasteiger partial charge in [-0.15, -0.1) is 0 Å². The number of nitriles is 1. The molecule has 1 aromatic carbocycles. The summed E-state index contributed by atoms with van der Waals surface area (Å²) in [4.78, 5) is 9.73. The maximum absolute atomic E-state index is 8.93. The molecule has 2 rings (SSSR count). The highest BCUT2D eigenvalue weighted by molar-refractivity contribution is 5.85. The lowest BCUT2D eigenvalue weighted by Crippen LogP contribution is -2.21. The van der Waals surface area contributed by atoms with Crippen molar-refractivity contribution in [2.45, 2.75) is 0 Å². The maximum atomic E-state index is 8.93. The van der Waals surface area contributed by atoms with Gasteiger partial charge in [-0.2, -0.15) is 5.26 Å². The zero-order valence-corrected chi connectivity index (χ0v) is 12.8. The van der Waals surface area contributed by atoms with Gasteiger partial charge in [0.05, 0.1) is 24.8 Å². The van der Waals surface area contributed by atoms with Crippen LogP contribution in [0.5, 0.6) is 0 Å². The number of hydrogen-bond donors (Lipinski definition) is 1. The van der Waals surface area contributed by atoms with Gasteiger partial charge in [0.2, 0.25) is 0 Å². The predicted octanol–water partition coefficient (Wildman–Crippen LogP) is 2.80. The van der Waals surface area contributed by atoms with Gasteiger partial charge in [-0.1, -0.05) is 18.2 Å². The molecule has 0 atom stereocenters. The third-order valence-electron chi connectivity index (χ3n) is 3.33. The minimum Gasteiger partial charge on any atom is -0.395 e. The highest BCUT2D eigenvalue weighted by Gasteiger charge is 2.04. The summed E-state index contributed by atoms with van der Waals surface area (Å²) >= 11 is 0. The molecule has 5 heteroatoms. The largest absolute Gasteiger partial charge is 0.395 e. The van der Waals surface area contributed by atoms with Gasteiger partial charge in [-0.05, 0) is 35.4 Å². The van der Waals surface area contributed by atoms with Crippen LogP contribution in [0.25, 0.3) is 16.6 Å². The van der Waals surface area contributed by atoms with Crippen molar-refractivity contribution in [3.05, 3.63) is 70.7 Å². The van der Waals surface area contributed by atoms with E-state index in [9.17, 15) is 0 Å².